The summed E-state index contributed by atoms with van der Waals surface area (Å²) in [6.07, 6.45) is 1.82. The maximum Gasteiger partial charge on any atom is 0.227 e. The van der Waals surface area contributed by atoms with Gasteiger partial charge in [-0.15, -0.1) is 0 Å². The van der Waals surface area contributed by atoms with Crippen LogP contribution in [0.4, 0.5) is 5.69 Å². The summed E-state index contributed by atoms with van der Waals surface area (Å²) in [6, 6.07) is 22.5. The van der Waals surface area contributed by atoms with Gasteiger partial charge in [-0.05, 0) is 41.5 Å². The van der Waals surface area contributed by atoms with E-state index in [1.165, 1.54) is 0 Å². The number of nitrogens with one attached hydrogen (secondary N) is 2. The molecule has 1 saturated heterocycles. The number of fused-ring (bicyclic) bond motifs is 1. The second kappa shape index (κ2) is 8.48. The van der Waals surface area contributed by atoms with E-state index in [0.29, 0.717) is 17.3 Å². The zero-order chi connectivity index (χ0) is 22.1. The Hall–Kier alpha value is -3.64. The van der Waals surface area contributed by atoms with Crippen LogP contribution in [0.1, 0.15) is 23.6 Å². The monoisotopic (exact) mass is 444 g/mol. The van der Waals surface area contributed by atoms with Crippen LogP contribution in [-0.4, -0.2) is 28.3 Å². The van der Waals surface area contributed by atoms with Crippen molar-refractivity contribution >= 4 is 40.1 Å². The molecule has 2 N–H and O–H groups in total. The number of aromatic nitrogens is 2. The number of benzene rings is 3. The summed E-state index contributed by atoms with van der Waals surface area (Å²) >= 11 is 6.08. The average molecular weight is 445 g/mol. The number of H-pyrrole nitrogens is 1. The molecule has 0 spiro atoms. The zero-order valence-corrected chi connectivity index (χ0v) is 17.9. The normalized spacial score (nSPS) is 17.0. The van der Waals surface area contributed by atoms with Crippen LogP contribution in [0, 0.1) is 5.92 Å². The molecular weight excluding hydrogens is 424 g/mol. The molecule has 2 amide bonds. The molecule has 32 heavy (non-hydrogen) atoms. The molecule has 0 bridgehead atoms. The Labute approximate surface area is 190 Å². The fourth-order valence-corrected chi connectivity index (χ4v) is 4.36. The van der Waals surface area contributed by atoms with Gasteiger partial charge in [0.15, 0.2) is 0 Å². The van der Waals surface area contributed by atoms with Gasteiger partial charge in [0.2, 0.25) is 11.8 Å². The van der Waals surface area contributed by atoms with Gasteiger partial charge in [-0.1, -0.05) is 54.1 Å². The topological polar surface area (TPSA) is 78.1 Å². The number of anilines is 1. The van der Waals surface area contributed by atoms with E-state index in [1.807, 2.05) is 54.6 Å². The summed E-state index contributed by atoms with van der Waals surface area (Å²) in [5, 5.41) is 3.73. The number of nitrogens with zero attached hydrogens (tertiary/aromatic N) is 2. The zero-order valence-electron chi connectivity index (χ0n) is 17.2. The Morgan fingerprint density at radius 2 is 1.91 bits per heavy atom. The number of carbonyl (C=O) groups excluding carboxylic acids is 2. The number of amides is 2. The smallest absolute Gasteiger partial charge is 0.227 e. The lowest BCUT2D eigenvalue weighted by Gasteiger charge is -2.22. The van der Waals surface area contributed by atoms with Crippen LogP contribution in [0.5, 0.6) is 0 Å². The van der Waals surface area contributed by atoms with Crippen LogP contribution in [0.25, 0.3) is 11.0 Å². The van der Waals surface area contributed by atoms with Crippen molar-refractivity contribution < 1.29 is 9.59 Å². The number of carbonyl (C=O) groups is 2. The third-order valence-corrected chi connectivity index (χ3v) is 6.05. The summed E-state index contributed by atoms with van der Waals surface area (Å²) in [7, 11) is 0. The van der Waals surface area contributed by atoms with Crippen molar-refractivity contribution in [3.63, 3.8) is 0 Å². The predicted octanol–water partition coefficient (Wildman–Crippen LogP) is 4.48. The average Bonchev–Trinajstić information content (AvgIpc) is 3.44. The molecule has 1 aliphatic rings. The Morgan fingerprint density at radius 1 is 1.06 bits per heavy atom. The first kappa shape index (κ1) is 20.3. The largest absolute Gasteiger partial charge is 0.345 e. The van der Waals surface area contributed by atoms with Gasteiger partial charge in [-0.25, -0.2) is 4.98 Å². The van der Waals surface area contributed by atoms with Crippen LogP contribution in [-0.2, 0) is 9.59 Å². The second-order valence-corrected chi connectivity index (χ2v) is 8.35. The first-order valence-corrected chi connectivity index (χ1v) is 10.8. The van der Waals surface area contributed by atoms with Gasteiger partial charge in [0.1, 0.15) is 0 Å². The Bertz CT molecular complexity index is 1290. The number of aromatic amines is 1. The fourth-order valence-electron chi connectivity index (χ4n) is 4.17. The molecule has 1 aromatic heterocycles. The van der Waals surface area contributed by atoms with E-state index >= 15 is 0 Å². The molecule has 0 saturated carbocycles. The van der Waals surface area contributed by atoms with Gasteiger partial charge in [0, 0.05) is 23.7 Å². The number of rotatable bonds is 5. The quantitative estimate of drug-likeness (QED) is 0.476. The third kappa shape index (κ3) is 3.97. The summed E-state index contributed by atoms with van der Waals surface area (Å²) in [5.74, 6) is -0.674. The molecule has 7 heteroatoms. The van der Waals surface area contributed by atoms with Crippen molar-refractivity contribution in [1.29, 1.82) is 0 Å². The predicted molar refractivity (Wildman–Crippen MR) is 124 cm³/mol. The minimum absolute atomic E-state index is 0.0810. The molecule has 0 unspecified atom stereocenters. The van der Waals surface area contributed by atoms with E-state index < -0.39 is 5.92 Å². The highest BCUT2D eigenvalue weighted by atomic mass is 35.5. The lowest BCUT2D eigenvalue weighted by atomic mass is 9.97. The standard InChI is InChI=1S/C25H21ClN4O2/c26-19-7-4-8-20(13-19)30-14-18(12-23(30)31)25(32)29-24(16-5-2-1-3-6-16)17-9-10-21-22(11-17)28-15-27-21/h1-11,13,15,18,24H,12,14H2,(H,27,28)(H,29,32)/t18-,24+/m0/s1. The van der Waals surface area contributed by atoms with E-state index in [9.17, 15) is 9.59 Å². The number of hydrogen-bond acceptors (Lipinski definition) is 3. The molecular formula is C25H21ClN4O2. The summed E-state index contributed by atoms with van der Waals surface area (Å²) < 4.78 is 0. The number of imidazole rings is 1. The van der Waals surface area contributed by atoms with Crippen molar-refractivity contribution in [1.82, 2.24) is 15.3 Å². The minimum Gasteiger partial charge on any atom is -0.345 e. The van der Waals surface area contributed by atoms with Gasteiger partial charge in [-0.2, -0.15) is 0 Å². The van der Waals surface area contributed by atoms with Crippen LogP contribution < -0.4 is 10.2 Å². The molecule has 6 nitrogen and oxygen atoms in total. The molecule has 0 aliphatic carbocycles. The molecule has 0 radical (unpaired) electrons. The SMILES string of the molecule is O=C(N[C@H](c1ccccc1)c1ccc2nc[nH]c2c1)[C@H]1CC(=O)N(c2cccc(Cl)c2)C1. The van der Waals surface area contributed by atoms with Crippen LogP contribution >= 0.6 is 11.6 Å². The van der Waals surface area contributed by atoms with E-state index in [-0.39, 0.29) is 24.3 Å². The van der Waals surface area contributed by atoms with Gasteiger partial charge < -0.3 is 15.2 Å². The van der Waals surface area contributed by atoms with Gasteiger partial charge in [-0.3, -0.25) is 9.59 Å². The lowest BCUT2D eigenvalue weighted by molar-refractivity contribution is -0.126. The fraction of sp³-hybridized carbons (Fsp3) is 0.160. The summed E-state index contributed by atoms with van der Waals surface area (Å²) in [5.41, 5.74) is 4.39. The Morgan fingerprint density at radius 3 is 2.72 bits per heavy atom. The first-order chi connectivity index (χ1) is 15.6. The number of halogens is 1. The van der Waals surface area contributed by atoms with E-state index in [4.69, 9.17) is 11.6 Å². The highest BCUT2D eigenvalue weighted by Gasteiger charge is 2.36. The van der Waals surface area contributed by atoms with Crippen molar-refractivity contribution in [2.75, 3.05) is 11.4 Å². The molecule has 4 aromatic rings. The second-order valence-electron chi connectivity index (χ2n) is 7.92. The van der Waals surface area contributed by atoms with Crippen molar-refractivity contribution in [3.8, 4) is 0 Å². The van der Waals surface area contributed by atoms with E-state index in [1.54, 1.807) is 29.4 Å². The summed E-state index contributed by atoms with van der Waals surface area (Å²) in [6.45, 7) is 0.325. The van der Waals surface area contributed by atoms with Crippen molar-refractivity contribution in [2.24, 2.45) is 5.92 Å². The first-order valence-electron chi connectivity index (χ1n) is 10.4. The van der Waals surface area contributed by atoms with Crippen LogP contribution in [0.2, 0.25) is 5.02 Å². The lowest BCUT2D eigenvalue weighted by Crippen LogP contribution is -2.36. The number of hydrogen-bond donors (Lipinski definition) is 2. The molecule has 1 aliphatic heterocycles. The van der Waals surface area contributed by atoms with Gasteiger partial charge >= 0.3 is 0 Å². The van der Waals surface area contributed by atoms with Gasteiger partial charge in [0.05, 0.1) is 29.3 Å². The van der Waals surface area contributed by atoms with Crippen molar-refractivity contribution in [3.05, 3.63) is 95.3 Å². The molecule has 3 aromatic carbocycles. The molecule has 5 rings (SSSR count). The molecule has 160 valence electrons. The highest BCUT2D eigenvalue weighted by Crippen LogP contribution is 2.29. The van der Waals surface area contributed by atoms with E-state index in [2.05, 4.69) is 15.3 Å². The molecule has 2 heterocycles. The summed E-state index contributed by atoms with van der Waals surface area (Å²) in [4.78, 5) is 34.9. The third-order valence-electron chi connectivity index (χ3n) is 5.81. The van der Waals surface area contributed by atoms with E-state index in [0.717, 1.165) is 22.2 Å². The maximum atomic E-state index is 13.3. The maximum absolute atomic E-state index is 13.3. The molecule has 2 atom stereocenters. The Kier molecular flexibility index (Phi) is 5.37. The minimum atomic E-state index is -0.441. The van der Waals surface area contributed by atoms with Crippen LogP contribution in [0.15, 0.2) is 79.1 Å². The Balaban J connectivity index is 1.40. The van der Waals surface area contributed by atoms with Crippen molar-refractivity contribution in [2.45, 2.75) is 12.5 Å². The van der Waals surface area contributed by atoms with Gasteiger partial charge in [0.25, 0.3) is 0 Å². The molecule has 1 fully saturated rings. The highest BCUT2D eigenvalue weighted by molar-refractivity contribution is 6.31. The van der Waals surface area contributed by atoms with Crippen LogP contribution in [0.3, 0.4) is 0 Å².